The van der Waals surface area contributed by atoms with Gasteiger partial charge in [0.15, 0.2) is 5.78 Å². The quantitative estimate of drug-likeness (QED) is 0.483. The molecule has 0 aromatic heterocycles. The Labute approximate surface area is 68.9 Å². The molecule has 0 spiro atoms. The van der Waals surface area contributed by atoms with Gasteiger partial charge in [0.2, 0.25) is 0 Å². The van der Waals surface area contributed by atoms with Gasteiger partial charge in [-0.15, -0.1) is 0 Å². The topological polar surface area (TPSA) is 72.2 Å². The molecule has 1 heterocycles. The molecule has 12 heavy (non-hydrogen) atoms. The lowest BCUT2D eigenvalue weighted by atomic mass is 10.2. The standard InChI is InChI=1S/C7H8N2O3/c1-5(10)7-3-2-6(4-8-7)9(11)12/h3-4,8H,2H2,1H3. The van der Waals surface area contributed by atoms with Crippen molar-refractivity contribution in [3.05, 3.63) is 33.8 Å². The van der Waals surface area contributed by atoms with Crippen molar-refractivity contribution in [1.29, 1.82) is 0 Å². The predicted molar refractivity (Wildman–Crippen MR) is 41.6 cm³/mol. The van der Waals surface area contributed by atoms with Crippen molar-refractivity contribution in [1.82, 2.24) is 5.32 Å². The van der Waals surface area contributed by atoms with Crippen molar-refractivity contribution in [2.24, 2.45) is 0 Å². The van der Waals surface area contributed by atoms with Crippen LogP contribution in [0.3, 0.4) is 0 Å². The molecule has 5 nitrogen and oxygen atoms in total. The normalized spacial score (nSPS) is 15.8. The highest BCUT2D eigenvalue weighted by atomic mass is 16.6. The molecule has 0 aromatic carbocycles. The first-order valence-electron chi connectivity index (χ1n) is 3.42. The number of rotatable bonds is 2. The largest absolute Gasteiger partial charge is 0.354 e. The Morgan fingerprint density at radius 3 is 2.75 bits per heavy atom. The molecule has 1 aliphatic rings. The maximum Gasteiger partial charge on any atom is 0.265 e. The fourth-order valence-electron chi connectivity index (χ4n) is 0.858. The first kappa shape index (κ1) is 8.45. The molecule has 0 unspecified atom stereocenters. The Balaban J connectivity index is 2.66. The molecule has 0 bridgehead atoms. The average molecular weight is 168 g/mol. The second-order valence-corrected chi connectivity index (χ2v) is 2.42. The number of Topliss-reactive ketones (excluding diaryl/α,β-unsaturated/α-hetero) is 1. The molecule has 0 saturated heterocycles. The number of hydrogen-bond acceptors (Lipinski definition) is 4. The summed E-state index contributed by atoms with van der Waals surface area (Å²) < 4.78 is 0. The molecule has 0 radical (unpaired) electrons. The van der Waals surface area contributed by atoms with E-state index in [0.29, 0.717) is 5.70 Å². The first-order valence-corrected chi connectivity index (χ1v) is 3.42. The number of carbonyl (C=O) groups is 1. The van der Waals surface area contributed by atoms with Crippen molar-refractivity contribution >= 4 is 5.78 Å². The smallest absolute Gasteiger partial charge is 0.265 e. The molecular weight excluding hydrogens is 160 g/mol. The van der Waals surface area contributed by atoms with E-state index in [1.54, 1.807) is 0 Å². The van der Waals surface area contributed by atoms with E-state index in [1.165, 1.54) is 19.2 Å². The Morgan fingerprint density at radius 1 is 1.75 bits per heavy atom. The molecule has 0 aromatic rings. The van der Waals surface area contributed by atoms with E-state index < -0.39 is 4.92 Å². The lowest BCUT2D eigenvalue weighted by Crippen LogP contribution is -2.18. The zero-order valence-electron chi connectivity index (χ0n) is 6.53. The van der Waals surface area contributed by atoms with E-state index >= 15 is 0 Å². The highest BCUT2D eigenvalue weighted by Crippen LogP contribution is 2.10. The van der Waals surface area contributed by atoms with Crippen LogP contribution < -0.4 is 5.32 Å². The number of nitrogens with zero attached hydrogens (tertiary/aromatic N) is 1. The molecule has 0 saturated carbocycles. The summed E-state index contributed by atoms with van der Waals surface area (Å²) in [5.74, 6) is -0.117. The van der Waals surface area contributed by atoms with E-state index in [1.807, 2.05) is 0 Å². The molecule has 0 atom stereocenters. The molecule has 1 rings (SSSR count). The molecule has 0 aliphatic carbocycles. The summed E-state index contributed by atoms with van der Waals surface area (Å²) in [6, 6.07) is 0. The van der Waals surface area contributed by atoms with Gasteiger partial charge in [-0.3, -0.25) is 14.9 Å². The molecule has 0 amide bonds. The van der Waals surface area contributed by atoms with Gasteiger partial charge >= 0.3 is 0 Å². The van der Waals surface area contributed by atoms with Crippen molar-refractivity contribution in [2.45, 2.75) is 13.3 Å². The van der Waals surface area contributed by atoms with Crippen LogP contribution in [0.2, 0.25) is 0 Å². The minimum atomic E-state index is -0.472. The third-order valence-corrected chi connectivity index (χ3v) is 1.52. The number of allylic oxidation sites excluding steroid dienone is 2. The van der Waals surface area contributed by atoms with E-state index in [0.717, 1.165) is 0 Å². The van der Waals surface area contributed by atoms with Crippen molar-refractivity contribution in [2.75, 3.05) is 0 Å². The third-order valence-electron chi connectivity index (χ3n) is 1.52. The number of nitrogens with one attached hydrogen (secondary N) is 1. The maximum atomic E-state index is 10.7. The van der Waals surface area contributed by atoms with Gasteiger partial charge in [-0.25, -0.2) is 0 Å². The van der Waals surface area contributed by atoms with Crippen LogP contribution in [0.1, 0.15) is 13.3 Å². The summed E-state index contributed by atoms with van der Waals surface area (Å²) in [6.45, 7) is 1.41. The number of hydrogen-bond donors (Lipinski definition) is 1. The summed E-state index contributed by atoms with van der Waals surface area (Å²) in [5, 5.41) is 12.8. The summed E-state index contributed by atoms with van der Waals surface area (Å²) in [7, 11) is 0. The Hall–Kier alpha value is -1.65. The Kier molecular flexibility index (Phi) is 2.23. The number of carbonyl (C=O) groups excluding carboxylic acids is 1. The molecule has 1 aliphatic heterocycles. The van der Waals surface area contributed by atoms with Gasteiger partial charge in [0, 0.05) is 6.92 Å². The van der Waals surface area contributed by atoms with Crippen LogP contribution in [0.4, 0.5) is 0 Å². The lowest BCUT2D eigenvalue weighted by molar-refractivity contribution is -0.427. The highest BCUT2D eigenvalue weighted by Gasteiger charge is 2.15. The second-order valence-electron chi connectivity index (χ2n) is 2.42. The van der Waals surface area contributed by atoms with Gasteiger partial charge in [-0.05, 0) is 6.08 Å². The van der Waals surface area contributed by atoms with Crippen molar-refractivity contribution in [3.8, 4) is 0 Å². The molecule has 0 fully saturated rings. The van der Waals surface area contributed by atoms with Crippen LogP contribution in [-0.2, 0) is 4.79 Å². The monoisotopic (exact) mass is 168 g/mol. The fourth-order valence-corrected chi connectivity index (χ4v) is 0.858. The molecule has 1 N–H and O–H groups in total. The van der Waals surface area contributed by atoms with Crippen LogP contribution in [0, 0.1) is 10.1 Å². The zero-order valence-corrected chi connectivity index (χ0v) is 6.53. The summed E-state index contributed by atoms with van der Waals surface area (Å²) in [4.78, 5) is 20.5. The van der Waals surface area contributed by atoms with E-state index in [2.05, 4.69) is 5.32 Å². The molecule has 5 heteroatoms. The Bertz CT molecular complexity index is 261. The van der Waals surface area contributed by atoms with Crippen LogP contribution in [0.15, 0.2) is 23.7 Å². The minimum absolute atomic E-state index is 0.0694. The van der Waals surface area contributed by atoms with Crippen LogP contribution in [0.5, 0.6) is 0 Å². The maximum absolute atomic E-state index is 10.7. The molecular formula is C7H8N2O3. The molecule has 64 valence electrons. The van der Waals surface area contributed by atoms with E-state index in [4.69, 9.17) is 0 Å². The average Bonchev–Trinajstić information content (AvgIpc) is 2.04. The summed E-state index contributed by atoms with van der Waals surface area (Å²) in [6.07, 6.45) is 2.96. The van der Waals surface area contributed by atoms with Gasteiger partial charge < -0.3 is 5.32 Å². The van der Waals surface area contributed by atoms with Crippen LogP contribution >= 0.6 is 0 Å². The van der Waals surface area contributed by atoms with Crippen LogP contribution in [0.25, 0.3) is 0 Å². The first-order chi connectivity index (χ1) is 5.61. The Morgan fingerprint density at radius 2 is 2.42 bits per heavy atom. The van der Waals surface area contributed by atoms with Gasteiger partial charge in [-0.1, -0.05) is 0 Å². The summed E-state index contributed by atoms with van der Waals surface area (Å²) in [5.41, 5.74) is 0.487. The minimum Gasteiger partial charge on any atom is -0.354 e. The van der Waals surface area contributed by atoms with Crippen molar-refractivity contribution < 1.29 is 9.72 Å². The van der Waals surface area contributed by atoms with E-state index in [-0.39, 0.29) is 17.9 Å². The van der Waals surface area contributed by atoms with Crippen LogP contribution in [-0.4, -0.2) is 10.7 Å². The summed E-state index contributed by atoms with van der Waals surface area (Å²) >= 11 is 0. The highest BCUT2D eigenvalue weighted by molar-refractivity contribution is 5.93. The third kappa shape index (κ3) is 1.69. The van der Waals surface area contributed by atoms with E-state index in [9.17, 15) is 14.9 Å². The fraction of sp³-hybridized carbons (Fsp3) is 0.286. The van der Waals surface area contributed by atoms with Gasteiger partial charge in [-0.2, -0.15) is 0 Å². The van der Waals surface area contributed by atoms with Crippen molar-refractivity contribution in [3.63, 3.8) is 0 Å². The number of dihydropyridines is 1. The number of ketones is 1. The van der Waals surface area contributed by atoms with Gasteiger partial charge in [0.05, 0.1) is 23.2 Å². The van der Waals surface area contributed by atoms with Gasteiger partial charge in [0.1, 0.15) is 0 Å². The lowest BCUT2D eigenvalue weighted by Gasteiger charge is -2.07. The SMILES string of the molecule is CC(=O)C1=CCC([N+](=O)[O-])=CN1. The second kappa shape index (κ2) is 3.17. The predicted octanol–water partition coefficient (Wildman–Crippen LogP) is 0.571. The van der Waals surface area contributed by atoms with Gasteiger partial charge in [0.25, 0.3) is 5.70 Å². The number of nitro groups is 1. The zero-order chi connectivity index (χ0) is 9.14.